The molecule has 1 aliphatic heterocycles. The number of nitro benzene ring substituents is 1. The van der Waals surface area contributed by atoms with Crippen LogP contribution in [0.25, 0.3) is 0 Å². The Morgan fingerprint density at radius 3 is 2.55 bits per heavy atom. The Kier molecular flexibility index (Phi) is 4.54. The summed E-state index contributed by atoms with van der Waals surface area (Å²) >= 11 is 0. The molecule has 1 aromatic carbocycles. The summed E-state index contributed by atoms with van der Waals surface area (Å²) in [6.45, 7) is 6.93. The van der Waals surface area contributed by atoms with Crippen LogP contribution in [0.2, 0.25) is 0 Å². The van der Waals surface area contributed by atoms with Crippen molar-refractivity contribution in [3.05, 3.63) is 28.3 Å². The van der Waals surface area contributed by atoms with Crippen LogP contribution in [-0.4, -0.2) is 48.0 Å². The molecule has 0 saturated carbocycles. The molecule has 1 aliphatic rings. The van der Waals surface area contributed by atoms with Gasteiger partial charge in [0.1, 0.15) is 0 Å². The molecule has 0 radical (unpaired) electrons. The van der Waals surface area contributed by atoms with Crippen molar-refractivity contribution < 1.29 is 14.5 Å². The van der Waals surface area contributed by atoms with Crippen molar-refractivity contribution in [2.45, 2.75) is 32.9 Å². The molecule has 7 nitrogen and oxygen atoms in total. The molecule has 7 heteroatoms. The second-order valence-corrected chi connectivity index (χ2v) is 5.64. The number of methoxy groups -OCH3 is 1. The van der Waals surface area contributed by atoms with Gasteiger partial charge in [-0.25, -0.2) is 0 Å². The summed E-state index contributed by atoms with van der Waals surface area (Å²) in [4.78, 5) is 26.1. The van der Waals surface area contributed by atoms with Crippen LogP contribution in [0.15, 0.2) is 18.2 Å². The zero-order valence-electron chi connectivity index (χ0n) is 13.3. The lowest BCUT2D eigenvalue weighted by Crippen LogP contribution is -2.57. The molecule has 22 heavy (non-hydrogen) atoms. The number of hydrogen-bond donors (Lipinski definition) is 0. The summed E-state index contributed by atoms with van der Waals surface area (Å²) in [5.41, 5.74) is 0.819. The summed E-state index contributed by atoms with van der Waals surface area (Å²) < 4.78 is 5.13. The van der Waals surface area contributed by atoms with E-state index in [0.717, 1.165) is 5.69 Å². The quantitative estimate of drug-likeness (QED) is 0.631. The highest BCUT2D eigenvalue weighted by molar-refractivity contribution is 5.74. The van der Waals surface area contributed by atoms with Gasteiger partial charge in [-0.1, -0.05) is 0 Å². The Bertz CT molecular complexity index is 590. The van der Waals surface area contributed by atoms with Crippen molar-refractivity contribution >= 4 is 17.3 Å². The van der Waals surface area contributed by atoms with E-state index in [2.05, 4.69) is 4.90 Å². The number of benzene rings is 1. The monoisotopic (exact) mass is 307 g/mol. The number of piperazine rings is 1. The van der Waals surface area contributed by atoms with E-state index >= 15 is 0 Å². The van der Waals surface area contributed by atoms with E-state index in [-0.39, 0.29) is 29.4 Å². The molecule has 120 valence electrons. The molecule has 2 atom stereocenters. The molecule has 0 aromatic heterocycles. The Morgan fingerprint density at radius 2 is 2.00 bits per heavy atom. The van der Waals surface area contributed by atoms with Crippen molar-refractivity contribution in [3.63, 3.8) is 0 Å². The van der Waals surface area contributed by atoms with Gasteiger partial charge < -0.3 is 14.5 Å². The van der Waals surface area contributed by atoms with Crippen LogP contribution in [-0.2, 0) is 4.79 Å². The van der Waals surface area contributed by atoms with Crippen LogP contribution in [0, 0.1) is 10.1 Å². The first-order chi connectivity index (χ1) is 10.3. The number of hydrogen-bond acceptors (Lipinski definition) is 5. The van der Waals surface area contributed by atoms with Gasteiger partial charge in [-0.05, 0) is 19.9 Å². The van der Waals surface area contributed by atoms with E-state index in [1.165, 1.54) is 13.2 Å². The Hall–Kier alpha value is -2.31. The number of anilines is 1. The van der Waals surface area contributed by atoms with Crippen LogP contribution >= 0.6 is 0 Å². The standard InChI is InChI=1S/C15H21N3O4/c1-10-9-17(11(2)8-16(10)12(3)19)13-5-6-14(18(20)21)15(7-13)22-4/h5-7,10-11H,8-9H2,1-4H3/t10-,11+/m0/s1. The number of nitro groups is 1. The largest absolute Gasteiger partial charge is 0.490 e. The average Bonchev–Trinajstić information content (AvgIpc) is 2.48. The minimum Gasteiger partial charge on any atom is -0.490 e. The van der Waals surface area contributed by atoms with E-state index in [0.29, 0.717) is 13.1 Å². The molecule has 0 bridgehead atoms. The molecule has 0 spiro atoms. The van der Waals surface area contributed by atoms with E-state index in [9.17, 15) is 14.9 Å². The van der Waals surface area contributed by atoms with Crippen molar-refractivity contribution in [1.29, 1.82) is 0 Å². The molecule has 1 fully saturated rings. The molecule has 0 aliphatic carbocycles. The highest BCUT2D eigenvalue weighted by Gasteiger charge is 2.31. The zero-order valence-corrected chi connectivity index (χ0v) is 13.3. The minimum absolute atomic E-state index is 0.0469. The number of carbonyl (C=O) groups excluding carboxylic acids is 1. The van der Waals surface area contributed by atoms with E-state index in [1.54, 1.807) is 19.1 Å². The van der Waals surface area contributed by atoms with Gasteiger partial charge in [0.2, 0.25) is 5.91 Å². The zero-order chi connectivity index (χ0) is 16.4. The topological polar surface area (TPSA) is 75.9 Å². The number of carbonyl (C=O) groups is 1. The molecule has 1 amide bonds. The number of amides is 1. The third-order valence-electron chi connectivity index (χ3n) is 4.08. The van der Waals surface area contributed by atoms with Gasteiger partial charge in [-0.3, -0.25) is 14.9 Å². The molecule has 2 rings (SSSR count). The molecule has 1 saturated heterocycles. The molecule has 1 aromatic rings. The average molecular weight is 307 g/mol. The second kappa shape index (κ2) is 6.21. The lowest BCUT2D eigenvalue weighted by molar-refractivity contribution is -0.385. The Balaban J connectivity index is 2.28. The normalized spacial score (nSPS) is 21.6. The van der Waals surface area contributed by atoms with Gasteiger partial charge in [0.05, 0.1) is 12.0 Å². The number of ether oxygens (including phenoxy) is 1. The first-order valence-corrected chi connectivity index (χ1v) is 7.21. The van der Waals surface area contributed by atoms with E-state index in [4.69, 9.17) is 4.74 Å². The Labute approximate surface area is 129 Å². The highest BCUT2D eigenvalue weighted by atomic mass is 16.6. The third-order valence-corrected chi connectivity index (χ3v) is 4.08. The van der Waals surface area contributed by atoms with Gasteiger partial charge in [0.15, 0.2) is 5.75 Å². The van der Waals surface area contributed by atoms with Crippen molar-refractivity contribution in [2.75, 3.05) is 25.1 Å². The summed E-state index contributed by atoms with van der Waals surface area (Å²) in [7, 11) is 1.42. The van der Waals surface area contributed by atoms with E-state index < -0.39 is 4.92 Å². The maximum absolute atomic E-state index is 11.6. The summed E-state index contributed by atoms with van der Waals surface area (Å²) in [5.74, 6) is 0.316. The SMILES string of the molecule is COc1cc(N2C[C@H](C)N(C(C)=O)C[C@H]2C)ccc1[N+](=O)[O-]. The maximum Gasteiger partial charge on any atom is 0.311 e. The molecule has 1 heterocycles. The smallest absolute Gasteiger partial charge is 0.311 e. The highest BCUT2D eigenvalue weighted by Crippen LogP contribution is 2.33. The third kappa shape index (κ3) is 2.98. The fraction of sp³-hybridized carbons (Fsp3) is 0.533. The van der Waals surface area contributed by atoms with Gasteiger partial charge >= 0.3 is 5.69 Å². The van der Waals surface area contributed by atoms with Crippen molar-refractivity contribution in [1.82, 2.24) is 4.90 Å². The van der Waals surface area contributed by atoms with E-state index in [1.807, 2.05) is 18.7 Å². The van der Waals surface area contributed by atoms with Crippen molar-refractivity contribution in [2.24, 2.45) is 0 Å². The summed E-state index contributed by atoms with van der Waals surface area (Å²) in [6, 6.07) is 5.10. The lowest BCUT2D eigenvalue weighted by Gasteiger charge is -2.45. The van der Waals surface area contributed by atoms with Gasteiger partial charge in [-0.2, -0.15) is 0 Å². The molecular formula is C15H21N3O4. The second-order valence-electron chi connectivity index (χ2n) is 5.64. The predicted molar refractivity (Wildman–Crippen MR) is 83.3 cm³/mol. The fourth-order valence-electron chi connectivity index (χ4n) is 2.92. The summed E-state index contributed by atoms with van der Waals surface area (Å²) in [5, 5.41) is 11.0. The number of rotatable bonds is 3. The molecular weight excluding hydrogens is 286 g/mol. The fourth-order valence-corrected chi connectivity index (χ4v) is 2.92. The van der Waals surface area contributed by atoms with Crippen LogP contribution in [0.3, 0.4) is 0 Å². The van der Waals surface area contributed by atoms with Gasteiger partial charge in [0.25, 0.3) is 0 Å². The molecule has 0 unspecified atom stereocenters. The van der Waals surface area contributed by atoms with Gasteiger partial charge in [0, 0.05) is 49.9 Å². The predicted octanol–water partition coefficient (Wildman–Crippen LogP) is 2.05. The maximum atomic E-state index is 11.6. The molecule has 0 N–H and O–H groups in total. The van der Waals surface area contributed by atoms with Crippen LogP contribution in [0.1, 0.15) is 20.8 Å². The first-order valence-electron chi connectivity index (χ1n) is 7.21. The van der Waals surface area contributed by atoms with Crippen LogP contribution < -0.4 is 9.64 Å². The minimum atomic E-state index is -0.456. The lowest BCUT2D eigenvalue weighted by atomic mass is 10.1. The van der Waals surface area contributed by atoms with Crippen LogP contribution in [0.4, 0.5) is 11.4 Å². The summed E-state index contributed by atoms with van der Waals surface area (Å²) in [6.07, 6.45) is 0. The first kappa shape index (κ1) is 16.1. The number of nitrogens with zero attached hydrogens (tertiary/aromatic N) is 3. The van der Waals surface area contributed by atoms with Gasteiger partial charge in [-0.15, -0.1) is 0 Å². The Morgan fingerprint density at radius 1 is 1.32 bits per heavy atom. The van der Waals surface area contributed by atoms with Crippen LogP contribution in [0.5, 0.6) is 5.75 Å². The van der Waals surface area contributed by atoms with Crippen molar-refractivity contribution in [3.8, 4) is 5.75 Å².